The third kappa shape index (κ3) is 4.41. The molecule has 2 aromatic carbocycles. The summed E-state index contributed by atoms with van der Waals surface area (Å²) >= 11 is 0. The Balaban J connectivity index is 1.64. The quantitative estimate of drug-likeness (QED) is 0.509. The number of hydrogen-bond donors (Lipinski definition) is 1. The molecule has 1 N–H and O–H groups in total. The summed E-state index contributed by atoms with van der Waals surface area (Å²) in [6.45, 7) is 1.69. The van der Waals surface area contributed by atoms with Gasteiger partial charge in [0.25, 0.3) is 5.69 Å². The number of rotatable bonds is 7. The third-order valence-electron chi connectivity index (χ3n) is 4.28. The maximum absolute atomic E-state index is 12.3. The molecule has 0 fully saturated rings. The maximum Gasteiger partial charge on any atom is 0.420 e. The fourth-order valence-corrected chi connectivity index (χ4v) is 2.88. The molecule has 27 heavy (non-hydrogen) atoms. The molecule has 1 amide bonds. The van der Waals surface area contributed by atoms with E-state index in [0.29, 0.717) is 5.52 Å². The minimum absolute atomic E-state index is 0.0624. The summed E-state index contributed by atoms with van der Waals surface area (Å²) in [4.78, 5) is 34.5. The molecule has 3 rings (SSSR count). The van der Waals surface area contributed by atoms with Crippen molar-refractivity contribution in [2.24, 2.45) is 0 Å². The van der Waals surface area contributed by atoms with Crippen LogP contribution in [0.1, 0.15) is 18.9 Å². The van der Waals surface area contributed by atoms with Crippen LogP contribution in [0.25, 0.3) is 11.1 Å². The van der Waals surface area contributed by atoms with Crippen LogP contribution in [0.5, 0.6) is 0 Å². The Morgan fingerprint density at radius 1 is 1.26 bits per heavy atom. The molecule has 0 aliphatic carbocycles. The summed E-state index contributed by atoms with van der Waals surface area (Å²) in [5.41, 5.74) is 1.44. The van der Waals surface area contributed by atoms with Gasteiger partial charge in [-0.1, -0.05) is 30.3 Å². The van der Waals surface area contributed by atoms with Crippen LogP contribution in [-0.2, 0) is 17.8 Å². The zero-order chi connectivity index (χ0) is 19.4. The molecule has 0 saturated carbocycles. The standard InChI is InChI=1S/C19H19N3O5/c1-13(7-8-14-5-3-2-4-6-14)20-18(23)12-21-16-10-9-15(22(25)26)11-17(16)27-19(21)24/h2-6,9-11,13H,7-8,12H2,1H3,(H,20,23). The molecular formula is C19H19N3O5. The molecule has 1 aromatic heterocycles. The van der Waals surface area contributed by atoms with E-state index in [1.165, 1.54) is 23.8 Å². The van der Waals surface area contributed by atoms with E-state index in [-0.39, 0.29) is 29.8 Å². The predicted octanol–water partition coefficient (Wildman–Crippen LogP) is 2.64. The number of benzene rings is 2. The molecule has 8 heteroatoms. The summed E-state index contributed by atoms with van der Waals surface area (Å²) in [5.74, 6) is -1.05. The van der Waals surface area contributed by atoms with Crippen LogP contribution < -0.4 is 11.1 Å². The van der Waals surface area contributed by atoms with E-state index in [0.717, 1.165) is 17.4 Å². The van der Waals surface area contributed by atoms with Gasteiger partial charge >= 0.3 is 5.76 Å². The normalized spacial score (nSPS) is 12.0. The van der Waals surface area contributed by atoms with E-state index in [2.05, 4.69) is 5.32 Å². The average molecular weight is 369 g/mol. The van der Waals surface area contributed by atoms with Crippen LogP contribution in [0, 0.1) is 10.1 Å². The van der Waals surface area contributed by atoms with Crippen LogP contribution in [0.2, 0.25) is 0 Å². The van der Waals surface area contributed by atoms with Crippen molar-refractivity contribution in [3.8, 4) is 0 Å². The monoisotopic (exact) mass is 369 g/mol. The van der Waals surface area contributed by atoms with Gasteiger partial charge in [0.05, 0.1) is 16.5 Å². The van der Waals surface area contributed by atoms with Gasteiger partial charge in [-0.25, -0.2) is 4.79 Å². The van der Waals surface area contributed by atoms with Crippen molar-refractivity contribution in [1.82, 2.24) is 9.88 Å². The van der Waals surface area contributed by atoms with Crippen LogP contribution >= 0.6 is 0 Å². The number of oxazole rings is 1. The van der Waals surface area contributed by atoms with Gasteiger partial charge in [-0.05, 0) is 31.4 Å². The summed E-state index contributed by atoms with van der Waals surface area (Å²) in [6, 6.07) is 13.8. The van der Waals surface area contributed by atoms with E-state index in [4.69, 9.17) is 4.42 Å². The van der Waals surface area contributed by atoms with Gasteiger partial charge in [-0.15, -0.1) is 0 Å². The Hall–Kier alpha value is -3.42. The highest BCUT2D eigenvalue weighted by atomic mass is 16.6. The van der Waals surface area contributed by atoms with Crippen LogP contribution in [0.4, 0.5) is 5.69 Å². The Kier molecular flexibility index (Phi) is 5.35. The van der Waals surface area contributed by atoms with Gasteiger partial charge in [0.1, 0.15) is 6.54 Å². The first-order valence-corrected chi connectivity index (χ1v) is 8.55. The number of aryl methyl sites for hydroxylation is 1. The fraction of sp³-hybridized carbons (Fsp3) is 0.263. The Morgan fingerprint density at radius 2 is 2.00 bits per heavy atom. The summed E-state index contributed by atoms with van der Waals surface area (Å²) < 4.78 is 6.19. The van der Waals surface area contributed by atoms with Gasteiger partial charge in [0.2, 0.25) is 5.91 Å². The van der Waals surface area contributed by atoms with E-state index in [1.54, 1.807) is 0 Å². The first-order chi connectivity index (χ1) is 12.9. The predicted molar refractivity (Wildman–Crippen MR) is 99.5 cm³/mol. The van der Waals surface area contributed by atoms with Crippen molar-refractivity contribution in [3.05, 3.63) is 74.8 Å². The number of amides is 1. The highest BCUT2D eigenvalue weighted by molar-refractivity contribution is 5.80. The van der Waals surface area contributed by atoms with Crippen LogP contribution in [0.3, 0.4) is 0 Å². The van der Waals surface area contributed by atoms with Crippen LogP contribution in [-0.4, -0.2) is 21.4 Å². The van der Waals surface area contributed by atoms with Gasteiger partial charge in [0.15, 0.2) is 5.58 Å². The highest BCUT2D eigenvalue weighted by Gasteiger charge is 2.17. The van der Waals surface area contributed by atoms with Crippen molar-refractivity contribution >= 4 is 22.7 Å². The number of nitro benzene ring substituents is 1. The fourth-order valence-electron chi connectivity index (χ4n) is 2.88. The zero-order valence-corrected chi connectivity index (χ0v) is 14.8. The lowest BCUT2D eigenvalue weighted by Gasteiger charge is -2.14. The van der Waals surface area contributed by atoms with Gasteiger partial charge in [-0.2, -0.15) is 0 Å². The molecule has 3 aromatic rings. The van der Waals surface area contributed by atoms with Crippen molar-refractivity contribution in [2.75, 3.05) is 0 Å². The number of hydrogen-bond acceptors (Lipinski definition) is 5. The largest absolute Gasteiger partial charge is 0.420 e. The number of fused-ring (bicyclic) bond motifs is 1. The molecule has 0 aliphatic rings. The number of non-ortho nitro benzene ring substituents is 1. The molecule has 0 radical (unpaired) electrons. The minimum atomic E-state index is -0.724. The van der Waals surface area contributed by atoms with Crippen molar-refractivity contribution in [1.29, 1.82) is 0 Å². The smallest absolute Gasteiger partial charge is 0.407 e. The molecule has 140 valence electrons. The first kappa shape index (κ1) is 18.4. The molecule has 0 bridgehead atoms. The lowest BCUT2D eigenvalue weighted by Crippen LogP contribution is -2.37. The van der Waals surface area contributed by atoms with Crippen molar-refractivity contribution < 1.29 is 14.1 Å². The van der Waals surface area contributed by atoms with Crippen molar-refractivity contribution in [3.63, 3.8) is 0 Å². The Morgan fingerprint density at radius 3 is 2.70 bits per heavy atom. The van der Waals surface area contributed by atoms with Gasteiger partial charge in [-0.3, -0.25) is 19.5 Å². The second-order valence-electron chi connectivity index (χ2n) is 6.36. The molecule has 0 saturated heterocycles. The molecule has 0 aliphatic heterocycles. The zero-order valence-electron chi connectivity index (χ0n) is 14.8. The van der Waals surface area contributed by atoms with Crippen LogP contribution in [0.15, 0.2) is 57.7 Å². The number of aromatic nitrogens is 1. The lowest BCUT2D eigenvalue weighted by atomic mass is 10.1. The highest BCUT2D eigenvalue weighted by Crippen LogP contribution is 2.20. The second-order valence-corrected chi connectivity index (χ2v) is 6.36. The van der Waals surface area contributed by atoms with Gasteiger partial charge < -0.3 is 9.73 Å². The Labute approximate surface area is 154 Å². The molecule has 1 unspecified atom stereocenters. The van der Waals surface area contributed by atoms with Crippen molar-refractivity contribution in [2.45, 2.75) is 32.4 Å². The van der Waals surface area contributed by atoms with E-state index >= 15 is 0 Å². The van der Waals surface area contributed by atoms with E-state index < -0.39 is 10.7 Å². The molecule has 1 atom stereocenters. The summed E-state index contributed by atoms with van der Waals surface area (Å²) in [6.07, 6.45) is 1.60. The number of carbonyl (C=O) groups is 1. The Bertz CT molecular complexity index is 1020. The van der Waals surface area contributed by atoms with E-state index in [9.17, 15) is 19.7 Å². The minimum Gasteiger partial charge on any atom is -0.407 e. The lowest BCUT2D eigenvalue weighted by molar-refractivity contribution is -0.384. The number of nitrogens with zero attached hydrogens (tertiary/aromatic N) is 2. The van der Waals surface area contributed by atoms with Gasteiger partial charge in [0, 0.05) is 12.1 Å². The topological polar surface area (TPSA) is 107 Å². The summed E-state index contributed by atoms with van der Waals surface area (Å²) in [7, 11) is 0. The second kappa shape index (κ2) is 7.86. The molecule has 1 heterocycles. The number of nitro groups is 1. The van der Waals surface area contributed by atoms with E-state index in [1.807, 2.05) is 37.3 Å². The third-order valence-corrected chi connectivity index (χ3v) is 4.28. The SMILES string of the molecule is CC(CCc1ccccc1)NC(=O)Cn1c(=O)oc2cc([N+](=O)[O-])ccc21. The number of nitrogens with one attached hydrogen (secondary N) is 1. The average Bonchev–Trinajstić information content (AvgIpc) is 2.95. The molecule has 0 spiro atoms. The maximum atomic E-state index is 12.3. The summed E-state index contributed by atoms with van der Waals surface area (Å²) in [5, 5.41) is 13.7. The number of carbonyl (C=O) groups excluding carboxylic acids is 1. The first-order valence-electron chi connectivity index (χ1n) is 8.55. The molecular weight excluding hydrogens is 350 g/mol. The molecule has 8 nitrogen and oxygen atoms in total.